The lowest BCUT2D eigenvalue weighted by Gasteiger charge is -2.25. The lowest BCUT2D eigenvalue weighted by Crippen LogP contribution is -2.40. The number of rotatable bonds is 7. The zero-order chi connectivity index (χ0) is 18.2. The summed E-state index contributed by atoms with van der Waals surface area (Å²) in [5.41, 5.74) is 0.953. The van der Waals surface area contributed by atoms with Crippen LogP contribution in [0.4, 0.5) is 10.5 Å². The van der Waals surface area contributed by atoms with E-state index in [2.05, 4.69) is 10.3 Å². The number of benzene rings is 1. The van der Waals surface area contributed by atoms with Gasteiger partial charge >= 0.3 is 6.03 Å². The number of nitrogens with zero attached hydrogens (tertiary/aromatic N) is 3. The van der Waals surface area contributed by atoms with Crippen LogP contribution in [0.15, 0.2) is 48.8 Å². The molecular formula is C17H20N4O4. The van der Waals surface area contributed by atoms with Gasteiger partial charge in [0.05, 0.1) is 17.5 Å². The third kappa shape index (κ3) is 5.17. The second-order valence-corrected chi connectivity index (χ2v) is 5.40. The molecule has 0 spiro atoms. The van der Waals surface area contributed by atoms with Crippen LogP contribution in [0, 0.1) is 10.1 Å². The van der Waals surface area contributed by atoms with Crippen molar-refractivity contribution in [3.63, 3.8) is 0 Å². The summed E-state index contributed by atoms with van der Waals surface area (Å²) in [6.07, 6.45) is 3.41. The van der Waals surface area contributed by atoms with Gasteiger partial charge in [0.15, 0.2) is 0 Å². The molecule has 1 N–H and O–H groups in total. The van der Waals surface area contributed by atoms with Crippen LogP contribution < -0.4 is 10.1 Å². The molecule has 2 aromatic rings. The van der Waals surface area contributed by atoms with Crippen LogP contribution >= 0.6 is 0 Å². The van der Waals surface area contributed by atoms with Crippen molar-refractivity contribution >= 4 is 11.7 Å². The molecule has 25 heavy (non-hydrogen) atoms. The Balaban J connectivity index is 1.75. The van der Waals surface area contributed by atoms with Crippen LogP contribution in [0.3, 0.4) is 0 Å². The van der Waals surface area contributed by atoms with Gasteiger partial charge in [0.1, 0.15) is 12.4 Å². The fourth-order valence-electron chi connectivity index (χ4n) is 2.14. The molecule has 0 fully saturated rings. The lowest BCUT2D eigenvalue weighted by molar-refractivity contribution is -0.384. The molecule has 132 valence electrons. The maximum absolute atomic E-state index is 12.2. The molecule has 0 saturated carbocycles. The van der Waals surface area contributed by atoms with Crippen LogP contribution in [-0.2, 0) is 0 Å². The Bertz CT molecular complexity index is 706. The van der Waals surface area contributed by atoms with Crippen molar-refractivity contribution in [2.75, 3.05) is 20.2 Å². The summed E-state index contributed by atoms with van der Waals surface area (Å²) < 4.78 is 5.45. The van der Waals surface area contributed by atoms with Gasteiger partial charge in [-0.1, -0.05) is 6.07 Å². The molecule has 8 nitrogen and oxygen atoms in total. The third-order valence-electron chi connectivity index (χ3n) is 3.76. The molecule has 0 saturated heterocycles. The summed E-state index contributed by atoms with van der Waals surface area (Å²) in [5, 5.41) is 13.3. The van der Waals surface area contributed by atoms with E-state index in [1.54, 1.807) is 24.3 Å². The van der Waals surface area contributed by atoms with E-state index in [-0.39, 0.29) is 24.4 Å². The van der Waals surface area contributed by atoms with Gasteiger partial charge in [0, 0.05) is 31.6 Å². The number of carbonyl (C=O) groups excluding carboxylic acids is 1. The molecule has 0 aliphatic carbocycles. The van der Waals surface area contributed by atoms with E-state index in [1.165, 1.54) is 24.3 Å². The first kappa shape index (κ1) is 18.2. The Labute approximate surface area is 145 Å². The van der Waals surface area contributed by atoms with E-state index in [0.717, 1.165) is 5.56 Å². The molecule has 2 amide bonds. The largest absolute Gasteiger partial charge is 0.492 e. The van der Waals surface area contributed by atoms with Gasteiger partial charge in [-0.05, 0) is 30.7 Å². The molecule has 2 rings (SSSR count). The first-order valence-corrected chi connectivity index (χ1v) is 7.77. The topological polar surface area (TPSA) is 97.6 Å². The first-order valence-electron chi connectivity index (χ1n) is 7.77. The molecule has 1 aromatic heterocycles. The predicted molar refractivity (Wildman–Crippen MR) is 92.4 cm³/mol. The molecule has 0 bridgehead atoms. The highest BCUT2D eigenvalue weighted by Gasteiger charge is 2.16. The van der Waals surface area contributed by atoms with E-state index in [4.69, 9.17) is 4.74 Å². The van der Waals surface area contributed by atoms with Crippen molar-refractivity contribution in [2.45, 2.75) is 13.0 Å². The highest BCUT2D eigenvalue weighted by molar-refractivity contribution is 5.74. The Morgan fingerprint density at radius 1 is 1.36 bits per heavy atom. The average Bonchev–Trinajstić information content (AvgIpc) is 2.65. The van der Waals surface area contributed by atoms with Crippen molar-refractivity contribution in [3.05, 3.63) is 64.5 Å². The minimum atomic E-state index is -0.469. The Kier molecular flexibility index (Phi) is 6.27. The number of aromatic nitrogens is 1. The summed E-state index contributed by atoms with van der Waals surface area (Å²) >= 11 is 0. The molecule has 1 atom stereocenters. The minimum absolute atomic E-state index is 0.00617. The minimum Gasteiger partial charge on any atom is -0.492 e. The normalized spacial score (nSPS) is 11.4. The van der Waals surface area contributed by atoms with Crippen LogP contribution in [-0.4, -0.2) is 41.0 Å². The summed E-state index contributed by atoms with van der Waals surface area (Å²) in [6.45, 7) is 2.50. The zero-order valence-electron chi connectivity index (χ0n) is 14.1. The Hall–Kier alpha value is -3.16. The monoisotopic (exact) mass is 344 g/mol. The van der Waals surface area contributed by atoms with Crippen LogP contribution in [0.25, 0.3) is 0 Å². The van der Waals surface area contributed by atoms with Crippen molar-refractivity contribution in [1.29, 1.82) is 0 Å². The lowest BCUT2D eigenvalue weighted by atomic mass is 10.1. The molecule has 1 heterocycles. The average molecular weight is 344 g/mol. The number of ether oxygens (including phenoxy) is 1. The van der Waals surface area contributed by atoms with Crippen molar-refractivity contribution in [3.8, 4) is 5.75 Å². The molecule has 8 heteroatoms. The second kappa shape index (κ2) is 8.62. The summed E-state index contributed by atoms with van der Waals surface area (Å²) in [5.74, 6) is 0.511. The highest BCUT2D eigenvalue weighted by Crippen LogP contribution is 2.18. The summed E-state index contributed by atoms with van der Waals surface area (Å²) in [6, 6.07) is 9.21. The van der Waals surface area contributed by atoms with Gasteiger partial charge in [-0.2, -0.15) is 0 Å². The second-order valence-electron chi connectivity index (χ2n) is 5.40. The predicted octanol–water partition coefficient (Wildman–Crippen LogP) is 2.77. The summed E-state index contributed by atoms with van der Waals surface area (Å²) in [4.78, 5) is 27.9. The van der Waals surface area contributed by atoms with Crippen LogP contribution in [0.5, 0.6) is 5.75 Å². The van der Waals surface area contributed by atoms with Gasteiger partial charge < -0.3 is 15.0 Å². The van der Waals surface area contributed by atoms with Gasteiger partial charge in [0.2, 0.25) is 0 Å². The van der Waals surface area contributed by atoms with E-state index in [1.807, 2.05) is 19.1 Å². The fraction of sp³-hybridized carbons (Fsp3) is 0.294. The van der Waals surface area contributed by atoms with Gasteiger partial charge in [-0.25, -0.2) is 4.79 Å². The number of hydrogen-bond acceptors (Lipinski definition) is 5. The van der Waals surface area contributed by atoms with Crippen molar-refractivity contribution in [1.82, 2.24) is 15.2 Å². The number of non-ortho nitro benzene ring substituents is 1. The number of pyridine rings is 1. The molecule has 0 aliphatic heterocycles. The molecule has 0 aliphatic rings. The van der Waals surface area contributed by atoms with E-state index in [0.29, 0.717) is 12.3 Å². The summed E-state index contributed by atoms with van der Waals surface area (Å²) in [7, 11) is 1.71. The van der Waals surface area contributed by atoms with E-state index in [9.17, 15) is 14.9 Å². The maximum atomic E-state index is 12.2. The fourth-order valence-corrected chi connectivity index (χ4v) is 2.14. The zero-order valence-corrected chi connectivity index (χ0v) is 14.1. The number of hydrogen-bond donors (Lipinski definition) is 1. The quantitative estimate of drug-likeness (QED) is 0.473. The van der Waals surface area contributed by atoms with Gasteiger partial charge in [-0.15, -0.1) is 0 Å². The van der Waals surface area contributed by atoms with Crippen molar-refractivity contribution < 1.29 is 14.5 Å². The van der Waals surface area contributed by atoms with Crippen LogP contribution in [0.1, 0.15) is 18.5 Å². The number of nitro benzene ring substituents is 1. The molecule has 1 aromatic carbocycles. The van der Waals surface area contributed by atoms with Crippen LogP contribution in [0.2, 0.25) is 0 Å². The smallest absolute Gasteiger partial charge is 0.317 e. The number of amides is 2. The number of nitro groups is 1. The van der Waals surface area contributed by atoms with Gasteiger partial charge in [-0.3, -0.25) is 15.1 Å². The van der Waals surface area contributed by atoms with E-state index < -0.39 is 4.92 Å². The maximum Gasteiger partial charge on any atom is 0.317 e. The Morgan fingerprint density at radius 3 is 2.68 bits per heavy atom. The van der Waals surface area contributed by atoms with Gasteiger partial charge in [0.25, 0.3) is 5.69 Å². The molecular weight excluding hydrogens is 324 g/mol. The van der Waals surface area contributed by atoms with Crippen molar-refractivity contribution in [2.24, 2.45) is 0 Å². The SMILES string of the molecule is C[C@@H](c1cccnc1)N(C)C(=O)NCCOc1ccc([N+](=O)[O-])cc1. The Morgan fingerprint density at radius 2 is 2.08 bits per heavy atom. The van der Waals surface area contributed by atoms with E-state index >= 15 is 0 Å². The number of urea groups is 1. The first-order chi connectivity index (χ1) is 12.0. The standard InChI is InChI=1S/C17H20N4O4/c1-13(14-4-3-9-18-12-14)20(2)17(22)19-10-11-25-16-7-5-15(6-8-16)21(23)24/h3-9,12-13H,10-11H2,1-2H3,(H,19,22)/t13-/m0/s1. The number of carbonyl (C=O) groups is 1. The third-order valence-corrected chi connectivity index (χ3v) is 3.76. The molecule has 0 radical (unpaired) electrons. The highest BCUT2D eigenvalue weighted by atomic mass is 16.6. The molecule has 0 unspecified atom stereocenters. The number of nitrogens with one attached hydrogen (secondary N) is 1.